The molecule has 1 aliphatic carbocycles. The second-order valence-electron chi connectivity index (χ2n) is 7.55. The summed E-state index contributed by atoms with van der Waals surface area (Å²) in [4.78, 5) is 26.2. The van der Waals surface area contributed by atoms with Crippen molar-refractivity contribution in [2.45, 2.75) is 37.8 Å². The minimum Gasteiger partial charge on any atom is -0.497 e. The number of benzene rings is 1. The van der Waals surface area contributed by atoms with Crippen LogP contribution in [0, 0.1) is 0 Å². The van der Waals surface area contributed by atoms with Crippen molar-refractivity contribution in [1.29, 1.82) is 0 Å². The molecule has 0 saturated heterocycles. The van der Waals surface area contributed by atoms with Crippen LogP contribution in [0.25, 0.3) is 11.5 Å². The summed E-state index contributed by atoms with van der Waals surface area (Å²) in [6.07, 6.45) is 3.44. The van der Waals surface area contributed by atoms with Gasteiger partial charge in [-0.05, 0) is 56.4 Å². The summed E-state index contributed by atoms with van der Waals surface area (Å²) in [6.45, 7) is 1.89. The highest BCUT2D eigenvalue weighted by molar-refractivity contribution is 7.91. The number of ether oxygens (including phenoxy) is 2. The number of carbonyl (C=O) groups excluding carboxylic acids is 2. The standard InChI is InChI=1S/C22H23N3O7S2/c1-3-31-21(27)18-15-9-4-5-10-16(15)33-20(18)23-17(26)12-34(28,29)22-25-24-19(32-22)13-7-6-8-14(11-13)30-2/h6-8,11H,3-5,9-10,12H2,1-2H3,(H,23,26). The molecule has 12 heteroatoms. The van der Waals surface area contributed by atoms with Gasteiger partial charge in [0.1, 0.15) is 16.5 Å². The molecule has 4 rings (SSSR count). The molecule has 0 saturated carbocycles. The van der Waals surface area contributed by atoms with E-state index in [-0.39, 0.29) is 12.5 Å². The molecule has 0 spiro atoms. The second kappa shape index (κ2) is 9.94. The molecule has 3 aromatic rings. The molecule has 1 amide bonds. The van der Waals surface area contributed by atoms with Crippen LogP contribution < -0.4 is 10.1 Å². The molecule has 180 valence electrons. The molecule has 1 N–H and O–H groups in total. The number of fused-ring (bicyclic) bond motifs is 1. The van der Waals surface area contributed by atoms with Crippen LogP contribution in [0.15, 0.2) is 33.9 Å². The van der Waals surface area contributed by atoms with Gasteiger partial charge in [0.25, 0.3) is 0 Å². The Morgan fingerprint density at radius 1 is 1.21 bits per heavy atom. The summed E-state index contributed by atoms with van der Waals surface area (Å²) in [6, 6.07) is 6.69. The van der Waals surface area contributed by atoms with E-state index in [4.69, 9.17) is 13.9 Å². The molecule has 0 fully saturated rings. The van der Waals surface area contributed by atoms with Gasteiger partial charge < -0.3 is 19.2 Å². The highest BCUT2D eigenvalue weighted by Gasteiger charge is 2.30. The first-order valence-corrected chi connectivity index (χ1v) is 13.1. The monoisotopic (exact) mass is 505 g/mol. The maximum Gasteiger partial charge on any atom is 0.341 e. The number of hydrogen-bond acceptors (Lipinski definition) is 10. The lowest BCUT2D eigenvalue weighted by molar-refractivity contribution is -0.113. The molecule has 0 radical (unpaired) electrons. The van der Waals surface area contributed by atoms with Gasteiger partial charge in [-0.2, -0.15) is 0 Å². The fourth-order valence-corrected chi connectivity index (χ4v) is 5.88. The van der Waals surface area contributed by atoms with Crippen LogP contribution in [0.5, 0.6) is 5.75 Å². The fourth-order valence-electron chi connectivity index (χ4n) is 3.68. The summed E-state index contributed by atoms with van der Waals surface area (Å²) in [5, 5.41) is 9.59. The first kappa shape index (κ1) is 23.9. The van der Waals surface area contributed by atoms with Gasteiger partial charge in [-0.25, -0.2) is 13.2 Å². The molecule has 2 heterocycles. The number of sulfone groups is 1. The van der Waals surface area contributed by atoms with Crippen LogP contribution in [0.1, 0.15) is 40.6 Å². The zero-order chi connectivity index (χ0) is 24.3. The van der Waals surface area contributed by atoms with E-state index in [2.05, 4.69) is 15.5 Å². The van der Waals surface area contributed by atoms with E-state index in [9.17, 15) is 18.0 Å². The molecular weight excluding hydrogens is 482 g/mol. The van der Waals surface area contributed by atoms with Crippen molar-refractivity contribution >= 4 is 38.1 Å². The van der Waals surface area contributed by atoms with Gasteiger partial charge in [0.15, 0.2) is 0 Å². The predicted molar refractivity (Wildman–Crippen MR) is 124 cm³/mol. The van der Waals surface area contributed by atoms with Gasteiger partial charge in [0, 0.05) is 10.4 Å². The largest absolute Gasteiger partial charge is 0.497 e. The van der Waals surface area contributed by atoms with Crippen molar-refractivity contribution in [2.24, 2.45) is 0 Å². The zero-order valence-corrected chi connectivity index (χ0v) is 20.3. The summed E-state index contributed by atoms with van der Waals surface area (Å²) in [5.74, 6) is -1.74. The van der Waals surface area contributed by atoms with E-state index in [0.29, 0.717) is 28.3 Å². The lowest BCUT2D eigenvalue weighted by Crippen LogP contribution is -2.24. The Hall–Kier alpha value is -3.25. The van der Waals surface area contributed by atoms with Crippen molar-refractivity contribution in [3.63, 3.8) is 0 Å². The molecular formula is C22H23N3O7S2. The maximum absolute atomic E-state index is 12.7. The molecule has 0 aliphatic heterocycles. The molecule has 1 aromatic carbocycles. The van der Waals surface area contributed by atoms with Crippen LogP contribution in [0.4, 0.5) is 5.00 Å². The van der Waals surface area contributed by atoms with Gasteiger partial charge in [-0.3, -0.25) is 4.79 Å². The highest BCUT2D eigenvalue weighted by atomic mass is 32.2. The Morgan fingerprint density at radius 3 is 2.76 bits per heavy atom. The first-order valence-electron chi connectivity index (χ1n) is 10.6. The second-order valence-corrected chi connectivity index (χ2v) is 10.5. The lowest BCUT2D eigenvalue weighted by Gasteiger charge is -2.12. The van der Waals surface area contributed by atoms with E-state index in [1.165, 1.54) is 18.4 Å². The number of nitrogens with zero attached hydrogens (tertiary/aromatic N) is 2. The van der Waals surface area contributed by atoms with Crippen molar-refractivity contribution in [3.05, 3.63) is 40.3 Å². The topological polar surface area (TPSA) is 138 Å². The van der Waals surface area contributed by atoms with Crippen molar-refractivity contribution in [3.8, 4) is 17.2 Å². The van der Waals surface area contributed by atoms with Gasteiger partial charge in [0.2, 0.25) is 21.6 Å². The van der Waals surface area contributed by atoms with Gasteiger partial charge >= 0.3 is 11.2 Å². The Balaban J connectivity index is 1.53. The summed E-state index contributed by atoms with van der Waals surface area (Å²) in [7, 11) is -2.72. The number of aryl methyl sites for hydroxylation is 1. The number of carbonyl (C=O) groups is 2. The van der Waals surface area contributed by atoms with Crippen molar-refractivity contribution < 1.29 is 31.9 Å². The third kappa shape index (κ3) is 4.97. The number of anilines is 1. The molecule has 10 nitrogen and oxygen atoms in total. The van der Waals surface area contributed by atoms with Crippen LogP contribution in [-0.2, 0) is 32.2 Å². The average molecular weight is 506 g/mol. The van der Waals surface area contributed by atoms with E-state index in [1.807, 2.05) is 0 Å². The SMILES string of the molecule is CCOC(=O)c1c(NC(=O)CS(=O)(=O)c2nnc(-c3cccc(OC)c3)o2)sc2c1CCCC2. The Labute approximate surface area is 200 Å². The molecule has 34 heavy (non-hydrogen) atoms. The van der Waals surface area contributed by atoms with Gasteiger partial charge in [0.05, 0.1) is 19.3 Å². The molecule has 1 aliphatic rings. The Kier molecular flexibility index (Phi) is 6.98. The number of hydrogen-bond donors (Lipinski definition) is 1. The summed E-state index contributed by atoms with van der Waals surface area (Å²) in [5.41, 5.74) is 1.65. The van der Waals surface area contributed by atoms with Crippen LogP contribution >= 0.6 is 11.3 Å². The zero-order valence-electron chi connectivity index (χ0n) is 18.6. The summed E-state index contributed by atoms with van der Waals surface area (Å²) < 4.78 is 41.1. The Morgan fingerprint density at radius 2 is 2.00 bits per heavy atom. The molecule has 0 unspecified atom stereocenters. The van der Waals surface area contributed by atoms with E-state index < -0.39 is 32.7 Å². The minimum absolute atomic E-state index is 0.0200. The van der Waals surface area contributed by atoms with Crippen LogP contribution in [0.2, 0.25) is 0 Å². The molecule has 0 atom stereocenters. The van der Waals surface area contributed by atoms with Gasteiger partial charge in [-0.15, -0.1) is 16.4 Å². The third-order valence-electron chi connectivity index (χ3n) is 5.21. The van der Waals surface area contributed by atoms with E-state index >= 15 is 0 Å². The van der Waals surface area contributed by atoms with Gasteiger partial charge in [-0.1, -0.05) is 11.2 Å². The number of aromatic nitrogens is 2. The normalized spacial score (nSPS) is 13.2. The number of amides is 1. The summed E-state index contributed by atoms with van der Waals surface area (Å²) >= 11 is 1.28. The lowest BCUT2D eigenvalue weighted by atomic mass is 9.95. The quantitative estimate of drug-likeness (QED) is 0.457. The number of nitrogens with one attached hydrogen (secondary N) is 1. The molecule has 2 aromatic heterocycles. The molecule has 0 bridgehead atoms. The van der Waals surface area contributed by atoms with E-state index in [1.54, 1.807) is 31.2 Å². The van der Waals surface area contributed by atoms with Crippen LogP contribution in [-0.4, -0.2) is 50.0 Å². The first-order chi connectivity index (χ1) is 16.3. The number of thiophene rings is 1. The highest BCUT2D eigenvalue weighted by Crippen LogP contribution is 2.38. The number of esters is 1. The number of methoxy groups -OCH3 is 1. The van der Waals surface area contributed by atoms with E-state index in [0.717, 1.165) is 29.7 Å². The van der Waals surface area contributed by atoms with Crippen LogP contribution in [0.3, 0.4) is 0 Å². The number of rotatable bonds is 8. The third-order valence-corrected chi connectivity index (χ3v) is 7.76. The Bertz CT molecular complexity index is 1330. The fraction of sp³-hybridized carbons (Fsp3) is 0.364. The predicted octanol–water partition coefficient (Wildman–Crippen LogP) is 3.27. The maximum atomic E-state index is 12.7. The van der Waals surface area contributed by atoms with Crippen molar-refractivity contribution in [2.75, 3.05) is 24.8 Å². The smallest absolute Gasteiger partial charge is 0.341 e. The average Bonchev–Trinajstić information content (AvgIpc) is 3.44. The minimum atomic E-state index is -4.22. The van der Waals surface area contributed by atoms with Crippen molar-refractivity contribution in [1.82, 2.24) is 10.2 Å².